The van der Waals surface area contributed by atoms with Gasteiger partial charge in [-0.05, 0) is 31.4 Å². The summed E-state index contributed by atoms with van der Waals surface area (Å²) in [7, 11) is 1.61. The molecule has 2 heterocycles. The van der Waals surface area contributed by atoms with Crippen LogP contribution in [0.25, 0.3) is 0 Å². The second-order valence-electron chi connectivity index (χ2n) is 6.00. The fourth-order valence-electron chi connectivity index (χ4n) is 3.19. The van der Waals surface area contributed by atoms with Crippen LogP contribution in [0.2, 0.25) is 0 Å². The van der Waals surface area contributed by atoms with Crippen molar-refractivity contribution in [3.8, 4) is 5.75 Å². The van der Waals surface area contributed by atoms with Crippen molar-refractivity contribution >= 4 is 23.2 Å². The highest BCUT2D eigenvalue weighted by Crippen LogP contribution is 2.35. The molecule has 0 saturated carbocycles. The maximum Gasteiger partial charge on any atom is 0.250 e. The van der Waals surface area contributed by atoms with E-state index in [2.05, 4.69) is 5.32 Å². The minimum Gasteiger partial charge on any atom is -0.497 e. The second kappa shape index (κ2) is 6.48. The molecule has 0 aliphatic carbocycles. The summed E-state index contributed by atoms with van der Waals surface area (Å²) in [4.78, 5) is 28.6. The van der Waals surface area contributed by atoms with E-state index in [0.717, 1.165) is 43.1 Å². The first kappa shape index (κ1) is 15.6. The number of ether oxygens (including phenoxy) is 1. The van der Waals surface area contributed by atoms with Crippen molar-refractivity contribution < 1.29 is 14.3 Å². The number of benzene rings is 1. The third-order valence-corrected chi connectivity index (χ3v) is 4.55. The Balaban J connectivity index is 1.88. The Morgan fingerprint density at radius 3 is 2.74 bits per heavy atom. The van der Waals surface area contributed by atoms with E-state index in [0.29, 0.717) is 6.42 Å². The highest BCUT2D eigenvalue weighted by Gasteiger charge is 2.34. The molecule has 3 rings (SSSR count). The van der Waals surface area contributed by atoms with Crippen LogP contribution in [-0.4, -0.2) is 49.5 Å². The van der Waals surface area contributed by atoms with E-state index < -0.39 is 0 Å². The molecular formula is C17H23N3O3. The molecule has 1 aromatic rings. The first-order chi connectivity index (χ1) is 11.1. The van der Waals surface area contributed by atoms with Crippen LogP contribution in [0, 0.1) is 0 Å². The molecule has 0 radical (unpaired) electrons. The van der Waals surface area contributed by atoms with Gasteiger partial charge in [-0.15, -0.1) is 0 Å². The summed E-state index contributed by atoms with van der Waals surface area (Å²) in [6.07, 6.45) is 2.77. The number of anilines is 2. The summed E-state index contributed by atoms with van der Waals surface area (Å²) in [5.74, 6) is 0.707. The van der Waals surface area contributed by atoms with Crippen LogP contribution >= 0.6 is 0 Å². The fraction of sp³-hybridized carbons (Fsp3) is 0.529. The number of fused-ring (bicyclic) bond motifs is 1. The van der Waals surface area contributed by atoms with Crippen molar-refractivity contribution in [2.75, 3.05) is 37.0 Å². The van der Waals surface area contributed by atoms with Crippen LogP contribution in [0.15, 0.2) is 18.2 Å². The molecule has 6 nitrogen and oxygen atoms in total. The number of methoxy groups -OCH3 is 1. The SMILES string of the molecule is CCC1Nc2cc(OC)ccc2N(CC(=O)N2CCCC2)C1=O. The van der Waals surface area contributed by atoms with Gasteiger partial charge >= 0.3 is 0 Å². The van der Waals surface area contributed by atoms with Crippen molar-refractivity contribution in [2.45, 2.75) is 32.2 Å². The van der Waals surface area contributed by atoms with Crippen molar-refractivity contribution in [1.82, 2.24) is 4.90 Å². The molecule has 1 N–H and O–H groups in total. The van der Waals surface area contributed by atoms with E-state index >= 15 is 0 Å². The largest absolute Gasteiger partial charge is 0.497 e. The van der Waals surface area contributed by atoms with Crippen molar-refractivity contribution in [3.63, 3.8) is 0 Å². The van der Waals surface area contributed by atoms with Gasteiger partial charge in [0.25, 0.3) is 0 Å². The zero-order valence-corrected chi connectivity index (χ0v) is 13.7. The van der Waals surface area contributed by atoms with Crippen LogP contribution in [0.4, 0.5) is 11.4 Å². The number of nitrogens with zero attached hydrogens (tertiary/aromatic N) is 2. The van der Waals surface area contributed by atoms with Crippen LogP contribution in [0.3, 0.4) is 0 Å². The van der Waals surface area contributed by atoms with Crippen molar-refractivity contribution in [3.05, 3.63) is 18.2 Å². The molecule has 1 aromatic carbocycles. The number of carbonyl (C=O) groups is 2. The lowest BCUT2D eigenvalue weighted by Gasteiger charge is -2.35. The lowest BCUT2D eigenvalue weighted by Crippen LogP contribution is -2.50. The number of hydrogen-bond donors (Lipinski definition) is 1. The van der Waals surface area contributed by atoms with Crippen LogP contribution < -0.4 is 15.0 Å². The molecule has 2 aliphatic rings. The molecule has 0 spiro atoms. The third kappa shape index (κ3) is 2.98. The zero-order chi connectivity index (χ0) is 16.4. The van der Waals surface area contributed by atoms with E-state index in [-0.39, 0.29) is 24.4 Å². The Labute approximate surface area is 136 Å². The molecule has 23 heavy (non-hydrogen) atoms. The maximum atomic E-state index is 12.7. The molecule has 1 saturated heterocycles. The molecule has 2 amide bonds. The molecule has 1 fully saturated rings. The van der Waals surface area contributed by atoms with Gasteiger partial charge in [0.05, 0.1) is 18.5 Å². The first-order valence-corrected chi connectivity index (χ1v) is 8.17. The van der Waals surface area contributed by atoms with E-state index in [4.69, 9.17) is 4.74 Å². The summed E-state index contributed by atoms with van der Waals surface area (Å²) in [5, 5.41) is 3.25. The number of rotatable bonds is 4. The quantitative estimate of drug-likeness (QED) is 0.921. The van der Waals surface area contributed by atoms with E-state index in [1.54, 1.807) is 12.0 Å². The monoisotopic (exact) mass is 317 g/mol. The van der Waals surface area contributed by atoms with Gasteiger partial charge < -0.3 is 15.0 Å². The van der Waals surface area contributed by atoms with Crippen LogP contribution in [0.1, 0.15) is 26.2 Å². The van der Waals surface area contributed by atoms with Gasteiger partial charge in [-0.25, -0.2) is 0 Å². The molecule has 1 unspecified atom stereocenters. The predicted octanol–water partition coefficient (Wildman–Crippen LogP) is 1.85. The molecule has 124 valence electrons. The maximum absolute atomic E-state index is 12.7. The lowest BCUT2D eigenvalue weighted by atomic mass is 10.1. The van der Waals surface area contributed by atoms with Gasteiger partial charge in [-0.2, -0.15) is 0 Å². The Bertz CT molecular complexity index is 611. The highest BCUT2D eigenvalue weighted by atomic mass is 16.5. The van der Waals surface area contributed by atoms with Crippen LogP contribution in [0.5, 0.6) is 5.75 Å². The Morgan fingerprint density at radius 2 is 2.09 bits per heavy atom. The van der Waals surface area contributed by atoms with Gasteiger partial charge in [-0.1, -0.05) is 6.92 Å². The number of hydrogen-bond acceptors (Lipinski definition) is 4. The second-order valence-corrected chi connectivity index (χ2v) is 6.00. The summed E-state index contributed by atoms with van der Waals surface area (Å²) < 4.78 is 5.25. The number of carbonyl (C=O) groups excluding carboxylic acids is 2. The molecule has 0 aromatic heterocycles. The molecular weight excluding hydrogens is 294 g/mol. The number of amides is 2. The summed E-state index contributed by atoms with van der Waals surface area (Å²) in [6, 6.07) is 5.22. The van der Waals surface area contributed by atoms with Crippen molar-refractivity contribution in [2.24, 2.45) is 0 Å². The number of likely N-dealkylation sites (tertiary alicyclic amines) is 1. The van der Waals surface area contributed by atoms with Gasteiger partial charge in [0.15, 0.2) is 0 Å². The minimum atomic E-state index is -0.305. The summed E-state index contributed by atoms with van der Waals surface area (Å²) in [6.45, 7) is 3.66. The molecule has 6 heteroatoms. The van der Waals surface area contributed by atoms with Gasteiger partial charge in [0.1, 0.15) is 18.3 Å². The lowest BCUT2D eigenvalue weighted by molar-refractivity contribution is -0.130. The minimum absolute atomic E-state index is 0.0226. The summed E-state index contributed by atoms with van der Waals surface area (Å²) in [5.41, 5.74) is 1.58. The highest BCUT2D eigenvalue weighted by molar-refractivity contribution is 6.08. The van der Waals surface area contributed by atoms with Gasteiger partial charge in [-0.3, -0.25) is 14.5 Å². The van der Waals surface area contributed by atoms with Crippen LogP contribution in [-0.2, 0) is 9.59 Å². The molecule has 1 atom stereocenters. The normalized spacial score (nSPS) is 20.3. The van der Waals surface area contributed by atoms with Crippen molar-refractivity contribution in [1.29, 1.82) is 0 Å². The summed E-state index contributed by atoms with van der Waals surface area (Å²) >= 11 is 0. The Hall–Kier alpha value is -2.24. The molecule has 2 aliphatic heterocycles. The Morgan fingerprint density at radius 1 is 1.35 bits per heavy atom. The zero-order valence-electron chi connectivity index (χ0n) is 13.7. The molecule has 0 bridgehead atoms. The van der Waals surface area contributed by atoms with Gasteiger partial charge in [0.2, 0.25) is 11.8 Å². The third-order valence-electron chi connectivity index (χ3n) is 4.55. The van der Waals surface area contributed by atoms with E-state index in [9.17, 15) is 9.59 Å². The predicted molar refractivity (Wildman–Crippen MR) is 88.9 cm³/mol. The fourth-order valence-corrected chi connectivity index (χ4v) is 3.19. The number of nitrogens with one attached hydrogen (secondary N) is 1. The average molecular weight is 317 g/mol. The Kier molecular flexibility index (Phi) is 4.41. The van der Waals surface area contributed by atoms with E-state index in [1.807, 2.05) is 30.0 Å². The van der Waals surface area contributed by atoms with Gasteiger partial charge in [0, 0.05) is 19.2 Å². The average Bonchev–Trinajstić information content (AvgIpc) is 3.11. The smallest absolute Gasteiger partial charge is 0.250 e. The van der Waals surface area contributed by atoms with E-state index in [1.165, 1.54) is 0 Å². The topological polar surface area (TPSA) is 61.9 Å². The standard InChI is InChI=1S/C17H23N3O3/c1-3-13-17(22)20(11-16(21)19-8-4-5-9-19)15-7-6-12(23-2)10-14(15)18-13/h6-7,10,13,18H,3-5,8-9,11H2,1-2H3. The first-order valence-electron chi connectivity index (χ1n) is 8.17.